The summed E-state index contributed by atoms with van der Waals surface area (Å²) in [4.78, 5) is 75.1. The molecule has 0 saturated carbocycles. The molecule has 10 heteroatoms. The van der Waals surface area contributed by atoms with Gasteiger partial charge in [0.25, 0.3) is 0 Å². The Morgan fingerprint density at radius 2 is 1.68 bits per heavy atom. The molecule has 0 aromatic heterocycles. The molecule has 10 nitrogen and oxygen atoms in total. The lowest BCUT2D eigenvalue weighted by molar-refractivity contribution is -0.139. The van der Waals surface area contributed by atoms with Crippen molar-refractivity contribution in [3.8, 4) is 0 Å². The van der Waals surface area contributed by atoms with Gasteiger partial charge >= 0.3 is 6.03 Å². The van der Waals surface area contributed by atoms with Gasteiger partial charge in [0.05, 0.1) is 6.04 Å². The fraction of sp³-hybridized carbons (Fsp3) is 0.786. The second kappa shape index (κ2) is 16.9. The lowest BCUT2D eigenvalue weighted by atomic mass is 9.88. The Labute approximate surface area is 227 Å². The van der Waals surface area contributed by atoms with E-state index in [1.165, 1.54) is 4.90 Å². The van der Waals surface area contributed by atoms with E-state index in [0.717, 1.165) is 0 Å². The normalized spacial score (nSPS) is 17.1. The average molecular weight is 537 g/mol. The number of unbranched alkanes of at least 4 members (excludes halogenated alkanes) is 2. The van der Waals surface area contributed by atoms with Gasteiger partial charge in [-0.1, -0.05) is 41.0 Å². The van der Waals surface area contributed by atoms with Crippen LogP contribution in [0.1, 0.15) is 98.8 Å². The van der Waals surface area contributed by atoms with Crippen LogP contribution in [0.15, 0.2) is 0 Å². The van der Waals surface area contributed by atoms with Gasteiger partial charge in [-0.25, -0.2) is 4.79 Å². The minimum absolute atomic E-state index is 0.0193. The first-order valence-electron chi connectivity index (χ1n) is 14.1. The second-order valence-corrected chi connectivity index (χ2v) is 11.1. The van der Waals surface area contributed by atoms with Crippen LogP contribution in [-0.4, -0.2) is 59.4 Å². The third kappa shape index (κ3) is 11.3. The molecule has 1 unspecified atom stereocenters. The highest BCUT2D eigenvalue weighted by molar-refractivity contribution is 6.03. The summed E-state index contributed by atoms with van der Waals surface area (Å²) in [5.74, 6) is -1.32. The van der Waals surface area contributed by atoms with Crippen molar-refractivity contribution in [3.63, 3.8) is 0 Å². The number of carbonyl (C=O) groups excluding carboxylic acids is 6. The zero-order valence-electron chi connectivity index (χ0n) is 23.8. The predicted molar refractivity (Wildman–Crippen MR) is 145 cm³/mol. The van der Waals surface area contributed by atoms with Gasteiger partial charge < -0.3 is 16.4 Å². The first-order chi connectivity index (χ1) is 17.9. The van der Waals surface area contributed by atoms with E-state index in [1.54, 1.807) is 0 Å². The number of ketones is 2. The molecule has 0 aliphatic carbocycles. The predicted octanol–water partition coefficient (Wildman–Crippen LogP) is 3.11. The third-order valence-corrected chi connectivity index (χ3v) is 7.18. The van der Waals surface area contributed by atoms with Crippen LogP contribution in [0.3, 0.4) is 0 Å². The Bertz CT molecular complexity index is 841. The van der Waals surface area contributed by atoms with Crippen molar-refractivity contribution in [2.75, 3.05) is 13.1 Å². The number of imide groups is 1. The molecule has 0 radical (unpaired) electrons. The molecular formula is C28H48N4O6. The van der Waals surface area contributed by atoms with Gasteiger partial charge in [-0.3, -0.25) is 28.9 Å². The van der Waals surface area contributed by atoms with Crippen LogP contribution in [0.5, 0.6) is 0 Å². The highest BCUT2D eigenvalue weighted by atomic mass is 16.2. The summed E-state index contributed by atoms with van der Waals surface area (Å²) >= 11 is 0. The minimum Gasteiger partial charge on any atom is -0.352 e. The van der Waals surface area contributed by atoms with E-state index in [9.17, 15) is 28.8 Å². The van der Waals surface area contributed by atoms with Crippen LogP contribution in [-0.2, 0) is 24.0 Å². The van der Waals surface area contributed by atoms with E-state index in [1.807, 2.05) is 34.6 Å². The number of nitrogens with one attached hydrogen (secondary N) is 2. The number of urea groups is 1. The monoisotopic (exact) mass is 536 g/mol. The smallest absolute Gasteiger partial charge is 0.312 e. The number of amides is 5. The minimum atomic E-state index is -0.667. The van der Waals surface area contributed by atoms with Gasteiger partial charge in [0.15, 0.2) is 5.78 Å². The Hall–Kier alpha value is -2.78. The Kier molecular flexibility index (Phi) is 14.8. The van der Waals surface area contributed by atoms with Gasteiger partial charge in [0, 0.05) is 50.6 Å². The number of rotatable bonds is 19. The third-order valence-electron chi connectivity index (χ3n) is 7.18. The van der Waals surface area contributed by atoms with E-state index in [-0.39, 0.29) is 59.9 Å². The second-order valence-electron chi connectivity index (χ2n) is 11.1. The highest BCUT2D eigenvalue weighted by Gasteiger charge is 2.39. The van der Waals surface area contributed by atoms with Crippen molar-refractivity contribution < 1.29 is 28.8 Å². The number of hydrogen-bond donors (Lipinski definition) is 3. The van der Waals surface area contributed by atoms with Crippen molar-refractivity contribution >= 4 is 35.3 Å². The molecule has 1 saturated heterocycles. The summed E-state index contributed by atoms with van der Waals surface area (Å²) in [6.45, 7) is 10.2. The quantitative estimate of drug-likeness (QED) is 0.170. The van der Waals surface area contributed by atoms with Crippen LogP contribution >= 0.6 is 0 Å². The van der Waals surface area contributed by atoms with Gasteiger partial charge in [0.1, 0.15) is 5.78 Å². The van der Waals surface area contributed by atoms with Crippen molar-refractivity contribution in [2.45, 2.75) is 105 Å². The lowest BCUT2D eigenvalue weighted by Gasteiger charge is -2.24. The molecule has 5 amide bonds. The summed E-state index contributed by atoms with van der Waals surface area (Å²) < 4.78 is 0. The van der Waals surface area contributed by atoms with E-state index in [2.05, 4.69) is 10.6 Å². The number of carbonyl (C=O) groups is 6. The van der Waals surface area contributed by atoms with Gasteiger partial charge in [-0.2, -0.15) is 0 Å². The molecule has 216 valence electrons. The van der Waals surface area contributed by atoms with Crippen molar-refractivity contribution in [1.82, 2.24) is 15.5 Å². The summed E-state index contributed by atoms with van der Waals surface area (Å²) in [7, 11) is 0. The van der Waals surface area contributed by atoms with Crippen molar-refractivity contribution in [2.24, 2.45) is 29.4 Å². The van der Waals surface area contributed by atoms with E-state index >= 15 is 0 Å². The standard InChI is InChI=1S/C28H48N4O6/c1-6-11-24(34)23(13-10-14-30-28(29)38)31-26(36)21(18(2)3)16-20(33)12-8-7-9-15-32-25(35)17-22(19(4)5)27(32)37/h18-19,21-23H,6-17H2,1-5H3,(H,31,36)(H3,29,30,38)/t21-,22?,23-/m0/s1. The fourth-order valence-electron chi connectivity index (χ4n) is 4.74. The molecule has 1 aliphatic heterocycles. The molecule has 0 bridgehead atoms. The fourth-order valence-corrected chi connectivity index (χ4v) is 4.74. The number of hydrogen-bond acceptors (Lipinski definition) is 6. The summed E-state index contributed by atoms with van der Waals surface area (Å²) in [6.07, 6.45) is 4.55. The maximum absolute atomic E-state index is 13.1. The van der Waals surface area contributed by atoms with Gasteiger partial charge in [-0.05, 0) is 43.9 Å². The molecular weight excluding hydrogens is 488 g/mol. The number of Topliss-reactive ketones (excluding diaryl/α,β-unsaturated/α-hetero) is 2. The van der Waals surface area contributed by atoms with E-state index in [0.29, 0.717) is 64.5 Å². The van der Waals surface area contributed by atoms with Crippen LogP contribution in [0.2, 0.25) is 0 Å². The zero-order chi connectivity index (χ0) is 28.8. The van der Waals surface area contributed by atoms with Crippen LogP contribution in [0.25, 0.3) is 0 Å². The number of primary amides is 1. The zero-order valence-corrected chi connectivity index (χ0v) is 23.8. The SMILES string of the molecule is CCCC(=O)[C@H](CCCNC(N)=O)NC(=O)[C@@H](CC(=O)CCCCCN1C(=O)CC(C(C)C)C1=O)C(C)C. The molecule has 3 atom stereocenters. The molecule has 4 N–H and O–H groups in total. The first kappa shape index (κ1) is 33.2. The van der Waals surface area contributed by atoms with Crippen molar-refractivity contribution in [3.05, 3.63) is 0 Å². The molecule has 1 heterocycles. The molecule has 0 aromatic rings. The Morgan fingerprint density at radius 1 is 1.00 bits per heavy atom. The molecule has 1 rings (SSSR count). The number of likely N-dealkylation sites (tertiary alicyclic amines) is 1. The molecule has 0 spiro atoms. The summed E-state index contributed by atoms with van der Waals surface area (Å²) in [5.41, 5.74) is 5.07. The maximum atomic E-state index is 13.1. The van der Waals surface area contributed by atoms with Gasteiger partial charge in [-0.15, -0.1) is 0 Å². The van der Waals surface area contributed by atoms with Crippen LogP contribution in [0.4, 0.5) is 4.79 Å². The molecule has 38 heavy (non-hydrogen) atoms. The maximum Gasteiger partial charge on any atom is 0.312 e. The van der Waals surface area contributed by atoms with Crippen LogP contribution in [0, 0.1) is 23.7 Å². The van der Waals surface area contributed by atoms with E-state index < -0.39 is 18.0 Å². The Morgan fingerprint density at radius 3 is 2.24 bits per heavy atom. The molecule has 0 aromatic carbocycles. The molecule has 1 fully saturated rings. The van der Waals surface area contributed by atoms with Crippen LogP contribution < -0.4 is 16.4 Å². The number of nitrogens with two attached hydrogens (primary N) is 1. The summed E-state index contributed by atoms with van der Waals surface area (Å²) in [5, 5.41) is 5.33. The Balaban J connectivity index is 2.53. The largest absolute Gasteiger partial charge is 0.352 e. The van der Waals surface area contributed by atoms with Gasteiger partial charge in [0.2, 0.25) is 17.7 Å². The topological polar surface area (TPSA) is 156 Å². The first-order valence-corrected chi connectivity index (χ1v) is 14.1. The van der Waals surface area contributed by atoms with Crippen molar-refractivity contribution in [1.29, 1.82) is 0 Å². The summed E-state index contributed by atoms with van der Waals surface area (Å²) in [6, 6.07) is -1.30. The lowest BCUT2D eigenvalue weighted by Crippen LogP contribution is -2.45. The number of nitrogens with zero attached hydrogens (tertiary/aromatic N) is 1. The average Bonchev–Trinajstić information content (AvgIpc) is 3.12. The molecule has 1 aliphatic rings. The highest BCUT2D eigenvalue weighted by Crippen LogP contribution is 2.26. The van der Waals surface area contributed by atoms with E-state index in [4.69, 9.17) is 5.73 Å².